The Bertz CT molecular complexity index is 616. The van der Waals surface area contributed by atoms with E-state index in [0.29, 0.717) is 0 Å². The molecule has 1 aromatic heterocycles. The molecule has 1 heterocycles. The summed E-state index contributed by atoms with van der Waals surface area (Å²) in [6, 6.07) is 6.07. The molecule has 1 aliphatic carbocycles. The zero-order chi connectivity index (χ0) is 13.5. The summed E-state index contributed by atoms with van der Waals surface area (Å²) in [5.41, 5.74) is 5.63. The molecule has 3 rings (SSSR count). The number of rotatable bonds is 2. The molecule has 6 heteroatoms. The van der Waals surface area contributed by atoms with Gasteiger partial charge >= 0.3 is 0 Å². The molecule has 1 saturated carbocycles. The predicted molar refractivity (Wildman–Crippen MR) is 67.0 cm³/mol. The largest absolute Gasteiger partial charge is 0.366 e. The van der Waals surface area contributed by atoms with Gasteiger partial charge in [0.05, 0.1) is 5.41 Å². The zero-order valence-electron chi connectivity index (χ0n) is 10.2. The van der Waals surface area contributed by atoms with Gasteiger partial charge < -0.3 is 5.73 Å². The Kier molecular flexibility index (Phi) is 2.58. The molecule has 0 amide bonds. The second-order valence-electron chi connectivity index (χ2n) is 4.80. The summed E-state index contributed by atoms with van der Waals surface area (Å²) in [6.07, 6.45) is 3.75. The molecule has 0 aliphatic heterocycles. The molecule has 0 saturated heterocycles. The van der Waals surface area contributed by atoms with Crippen molar-refractivity contribution < 1.29 is 9.18 Å². The number of hydrogen-bond acceptors (Lipinski definition) is 4. The van der Waals surface area contributed by atoms with Gasteiger partial charge in [-0.15, -0.1) is 5.10 Å². The predicted octanol–water partition coefficient (Wildman–Crippen LogP) is 1.76. The molecule has 19 heavy (non-hydrogen) atoms. The van der Waals surface area contributed by atoms with Gasteiger partial charge in [0.25, 0.3) is 5.91 Å². The highest BCUT2D eigenvalue weighted by Crippen LogP contribution is 2.44. The molecular formula is C13H13FN4O. The van der Waals surface area contributed by atoms with Crippen LogP contribution in [0.4, 0.5) is 10.3 Å². The van der Waals surface area contributed by atoms with Gasteiger partial charge in [-0.2, -0.15) is 4.68 Å². The molecule has 1 fully saturated rings. The summed E-state index contributed by atoms with van der Waals surface area (Å²) in [7, 11) is 0. The molecule has 2 aromatic rings. The first-order valence-corrected chi connectivity index (χ1v) is 6.10. The molecule has 0 bridgehead atoms. The Morgan fingerprint density at radius 2 is 2.00 bits per heavy atom. The van der Waals surface area contributed by atoms with E-state index in [1.54, 1.807) is 12.1 Å². The molecule has 1 aliphatic rings. The van der Waals surface area contributed by atoms with Gasteiger partial charge in [-0.25, -0.2) is 9.37 Å². The molecule has 0 atom stereocenters. The number of benzene rings is 1. The SMILES string of the molecule is Nc1ncn(C(=O)C2(c3ccc(F)cc3)CCC2)n1. The summed E-state index contributed by atoms with van der Waals surface area (Å²) in [4.78, 5) is 16.3. The Morgan fingerprint density at radius 3 is 2.47 bits per heavy atom. The maximum atomic E-state index is 13.0. The number of nitrogen functional groups attached to an aromatic ring is 1. The first-order chi connectivity index (χ1) is 9.12. The zero-order valence-corrected chi connectivity index (χ0v) is 10.2. The quantitative estimate of drug-likeness (QED) is 0.892. The standard InChI is InChI=1S/C13H13FN4O/c14-10-4-2-9(3-5-10)13(6-1-7-13)11(19)18-8-16-12(15)17-18/h2-5,8H,1,6-7H2,(H2,15,17). The van der Waals surface area contributed by atoms with E-state index in [2.05, 4.69) is 10.1 Å². The van der Waals surface area contributed by atoms with Crippen molar-refractivity contribution in [3.05, 3.63) is 42.0 Å². The first-order valence-electron chi connectivity index (χ1n) is 6.10. The number of halogens is 1. The van der Waals surface area contributed by atoms with Crippen molar-refractivity contribution in [3.8, 4) is 0 Å². The van der Waals surface area contributed by atoms with E-state index in [4.69, 9.17) is 5.73 Å². The van der Waals surface area contributed by atoms with Gasteiger partial charge in [0, 0.05) is 0 Å². The highest BCUT2D eigenvalue weighted by Gasteiger charge is 2.46. The van der Waals surface area contributed by atoms with Crippen LogP contribution in [-0.4, -0.2) is 20.7 Å². The van der Waals surface area contributed by atoms with E-state index in [1.165, 1.54) is 23.1 Å². The number of nitrogens with zero attached hydrogens (tertiary/aromatic N) is 3. The van der Waals surface area contributed by atoms with Crippen LogP contribution in [0.1, 0.15) is 29.6 Å². The van der Waals surface area contributed by atoms with Crippen molar-refractivity contribution in [3.63, 3.8) is 0 Å². The molecule has 1 aromatic carbocycles. The molecule has 2 N–H and O–H groups in total. The molecule has 5 nitrogen and oxygen atoms in total. The highest BCUT2D eigenvalue weighted by atomic mass is 19.1. The third kappa shape index (κ3) is 1.80. The number of aromatic nitrogens is 3. The Morgan fingerprint density at radius 1 is 1.32 bits per heavy atom. The van der Waals surface area contributed by atoms with E-state index in [1.807, 2.05) is 0 Å². The summed E-state index contributed by atoms with van der Waals surface area (Å²) < 4.78 is 14.2. The Hall–Kier alpha value is -2.24. The lowest BCUT2D eigenvalue weighted by molar-refractivity contribution is 0.0675. The minimum Gasteiger partial charge on any atom is -0.366 e. The van der Waals surface area contributed by atoms with Crippen molar-refractivity contribution in [1.82, 2.24) is 14.8 Å². The van der Waals surface area contributed by atoms with E-state index in [9.17, 15) is 9.18 Å². The minimum absolute atomic E-state index is 0.0712. The Labute approximate surface area is 109 Å². The van der Waals surface area contributed by atoms with Crippen molar-refractivity contribution in [2.24, 2.45) is 0 Å². The maximum Gasteiger partial charge on any atom is 0.259 e. The van der Waals surface area contributed by atoms with Gasteiger partial charge in [0.15, 0.2) is 0 Å². The van der Waals surface area contributed by atoms with Crippen LogP contribution < -0.4 is 5.73 Å². The lowest BCUT2D eigenvalue weighted by Gasteiger charge is -2.40. The topological polar surface area (TPSA) is 73.8 Å². The molecule has 0 spiro atoms. The second-order valence-corrected chi connectivity index (χ2v) is 4.80. The van der Waals surface area contributed by atoms with Gasteiger partial charge in [0.2, 0.25) is 5.95 Å². The first kappa shape index (κ1) is 11.8. The second kappa shape index (κ2) is 4.15. The summed E-state index contributed by atoms with van der Waals surface area (Å²) in [6.45, 7) is 0. The molecule has 0 radical (unpaired) electrons. The third-order valence-electron chi connectivity index (χ3n) is 3.73. The van der Waals surface area contributed by atoms with Gasteiger partial charge in [-0.05, 0) is 30.5 Å². The monoisotopic (exact) mass is 260 g/mol. The van der Waals surface area contributed by atoms with Crippen LogP contribution in [0, 0.1) is 5.82 Å². The van der Waals surface area contributed by atoms with Crippen molar-refractivity contribution in [1.29, 1.82) is 0 Å². The fraction of sp³-hybridized carbons (Fsp3) is 0.308. The number of carbonyl (C=O) groups excluding carboxylic acids is 1. The van der Waals surface area contributed by atoms with Crippen LogP contribution >= 0.6 is 0 Å². The normalized spacial score (nSPS) is 16.9. The highest BCUT2D eigenvalue weighted by molar-refractivity contribution is 5.90. The van der Waals surface area contributed by atoms with Gasteiger partial charge in [-0.3, -0.25) is 4.79 Å². The number of anilines is 1. The van der Waals surface area contributed by atoms with Crippen molar-refractivity contribution in [2.45, 2.75) is 24.7 Å². The smallest absolute Gasteiger partial charge is 0.259 e. The fourth-order valence-corrected chi connectivity index (χ4v) is 2.52. The Balaban J connectivity index is 1.99. The van der Waals surface area contributed by atoms with Gasteiger partial charge in [-0.1, -0.05) is 18.6 Å². The van der Waals surface area contributed by atoms with E-state index >= 15 is 0 Å². The molecule has 0 unspecified atom stereocenters. The minimum atomic E-state index is -0.617. The average molecular weight is 260 g/mol. The lowest BCUT2D eigenvalue weighted by Crippen LogP contribution is -2.45. The third-order valence-corrected chi connectivity index (χ3v) is 3.73. The summed E-state index contributed by atoms with van der Waals surface area (Å²) in [5.74, 6) is -0.396. The van der Waals surface area contributed by atoms with Crippen LogP contribution in [-0.2, 0) is 5.41 Å². The lowest BCUT2D eigenvalue weighted by atomic mass is 9.64. The van der Waals surface area contributed by atoms with E-state index in [-0.39, 0.29) is 17.7 Å². The van der Waals surface area contributed by atoms with E-state index in [0.717, 1.165) is 24.8 Å². The van der Waals surface area contributed by atoms with Gasteiger partial charge in [0.1, 0.15) is 12.1 Å². The number of carbonyl (C=O) groups is 1. The van der Waals surface area contributed by atoms with Crippen molar-refractivity contribution in [2.75, 3.05) is 5.73 Å². The van der Waals surface area contributed by atoms with E-state index < -0.39 is 5.41 Å². The van der Waals surface area contributed by atoms with Crippen LogP contribution in [0.15, 0.2) is 30.6 Å². The van der Waals surface area contributed by atoms with Crippen LogP contribution in [0.3, 0.4) is 0 Å². The number of nitrogens with two attached hydrogens (primary N) is 1. The van der Waals surface area contributed by atoms with Crippen LogP contribution in [0.5, 0.6) is 0 Å². The summed E-state index contributed by atoms with van der Waals surface area (Å²) >= 11 is 0. The number of hydrogen-bond donors (Lipinski definition) is 1. The maximum absolute atomic E-state index is 13.0. The molecular weight excluding hydrogens is 247 g/mol. The van der Waals surface area contributed by atoms with Crippen LogP contribution in [0.25, 0.3) is 0 Å². The molecule has 98 valence electrons. The van der Waals surface area contributed by atoms with Crippen LogP contribution in [0.2, 0.25) is 0 Å². The fourth-order valence-electron chi connectivity index (χ4n) is 2.52. The average Bonchev–Trinajstić information content (AvgIpc) is 2.77. The van der Waals surface area contributed by atoms with Crippen molar-refractivity contribution >= 4 is 11.9 Å². The summed E-state index contributed by atoms with van der Waals surface area (Å²) in [5, 5.41) is 3.86.